The molecule has 1 aromatic rings. The maximum Gasteiger partial charge on any atom is 0.164 e. The molecule has 0 amide bonds. The lowest BCUT2D eigenvalue weighted by Gasteiger charge is -2.24. The predicted molar refractivity (Wildman–Crippen MR) is 59.4 cm³/mol. The van der Waals surface area contributed by atoms with E-state index in [0.717, 1.165) is 23.5 Å². The van der Waals surface area contributed by atoms with Crippen LogP contribution in [0.5, 0.6) is 11.5 Å². The van der Waals surface area contributed by atoms with Gasteiger partial charge in [0, 0.05) is 5.54 Å². The van der Waals surface area contributed by atoms with Crippen LogP contribution >= 0.6 is 0 Å². The zero-order valence-corrected chi connectivity index (χ0v) is 9.25. The number of nitrogens with two attached hydrogens (primary N) is 1. The molecule has 0 saturated heterocycles. The summed E-state index contributed by atoms with van der Waals surface area (Å²) >= 11 is 0. The molecule has 0 aromatic heterocycles. The van der Waals surface area contributed by atoms with Gasteiger partial charge in [0.2, 0.25) is 0 Å². The van der Waals surface area contributed by atoms with Gasteiger partial charge in [-0.25, -0.2) is 0 Å². The van der Waals surface area contributed by atoms with Crippen LogP contribution in [-0.2, 0) is 6.42 Å². The Balaban J connectivity index is 2.31. The van der Waals surface area contributed by atoms with Gasteiger partial charge in [-0.15, -0.1) is 0 Å². The number of ether oxygens (including phenoxy) is 2. The highest BCUT2D eigenvalue weighted by Gasteiger charge is 2.20. The highest BCUT2D eigenvalue weighted by atomic mass is 16.6. The number of fused-ring (bicyclic) bond motifs is 1. The summed E-state index contributed by atoms with van der Waals surface area (Å²) in [5, 5.41) is 0. The lowest BCUT2D eigenvalue weighted by molar-refractivity contribution is 0.169. The molecule has 0 aliphatic carbocycles. The van der Waals surface area contributed by atoms with Gasteiger partial charge >= 0.3 is 0 Å². The molecule has 0 bridgehead atoms. The van der Waals surface area contributed by atoms with Gasteiger partial charge < -0.3 is 15.2 Å². The van der Waals surface area contributed by atoms with E-state index in [-0.39, 0.29) is 5.54 Å². The summed E-state index contributed by atoms with van der Waals surface area (Å²) in [6.45, 7) is 5.27. The first-order valence-corrected chi connectivity index (χ1v) is 5.23. The Morgan fingerprint density at radius 2 is 2.00 bits per heavy atom. The Morgan fingerprint density at radius 3 is 2.73 bits per heavy atom. The molecule has 0 radical (unpaired) electrons. The van der Waals surface area contributed by atoms with Gasteiger partial charge in [-0.1, -0.05) is 12.1 Å². The van der Waals surface area contributed by atoms with Crippen LogP contribution in [0, 0.1) is 0 Å². The van der Waals surface area contributed by atoms with Crippen LogP contribution in [0.1, 0.15) is 19.4 Å². The van der Waals surface area contributed by atoms with Gasteiger partial charge in [0.25, 0.3) is 0 Å². The van der Waals surface area contributed by atoms with Crippen LogP contribution in [-0.4, -0.2) is 18.8 Å². The van der Waals surface area contributed by atoms with E-state index in [1.807, 2.05) is 32.0 Å². The first-order valence-electron chi connectivity index (χ1n) is 5.23. The second-order valence-corrected chi connectivity index (χ2v) is 4.61. The van der Waals surface area contributed by atoms with Gasteiger partial charge in [-0.2, -0.15) is 0 Å². The van der Waals surface area contributed by atoms with Crippen molar-refractivity contribution in [1.29, 1.82) is 0 Å². The summed E-state index contributed by atoms with van der Waals surface area (Å²) < 4.78 is 11.1. The largest absolute Gasteiger partial charge is 0.486 e. The first-order chi connectivity index (χ1) is 7.06. The Kier molecular flexibility index (Phi) is 2.57. The van der Waals surface area contributed by atoms with Gasteiger partial charge in [-0.3, -0.25) is 0 Å². The molecule has 2 N–H and O–H groups in total. The van der Waals surface area contributed by atoms with Crippen molar-refractivity contribution in [3.63, 3.8) is 0 Å². The van der Waals surface area contributed by atoms with Crippen molar-refractivity contribution < 1.29 is 9.47 Å². The normalized spacial score (nSPS) is 15.1. The Bertz CT molecular complexity index is 355. The van der Waals surface area contributed by atoms with E-state index in [9.17, 15) is 0 Å². The smallest absolute Gasteiger partial charge is 0.164 e. The molecular formula is C12H17NO2. The van der Waals surface area contributed by atoms with Gasteiger partial charge in [0.05, 0.1) is 0 Å². The minimum absolute atomic E-state index is 0.226. The van der Waals surface area contributed by atoms with Crippen LogP contribution in [0.25, 0.3) is 0 Å². The molecule has 1 aliphatic rings. The van der Waals surface area contributed by atoms with E-state index < -0.39 is 0 Å². The maximum atomic E-state index is 6.00. The summed E-state index contributed by atoms with van der Waals surface area (Å²) in [5.74, 6) is 1.70. The molecular weight excluding hydrogens is 190 g/mol. The third-order valence-corrected chi connectivity index (χ3v) is 2.29. The number of para-hydroxylation sites is 1. The second kappa shape index (κ2) is 3.74. The van der Waals surface area contributed by atoms with E-state index in [4.69, 9.17) is 15.2 Å². The SMILES string of the molecule is CC(C)(N)Cc1cccc2c1OCCO2. The number of hydrogen-bond acceptors (Lipinski definition) is 3. The van der Waals surface area contributed by atoms with Crippen LogP contribution in [0.2, 0.25) is 0 Å². The van der Waals surface area contributed by atoms with Crippen molar-refractivity contribution in [1.82, 2.24) is 0 Å². The number of rotatable bonds is 2. The van der Waals surface area contributed by atoms with E-state index in [1.165, 1.54) is 0 Å². The Labute approximate surface area is 90.2 Å². The summed E-state index contributed by atoms with van der Waals surface area (Å²) in [6, 6.07) is 5.96. The highest BCUT2D eigenvalue weighted by Crippen LogP contribution is 2.34. The fourth-order valence-electron chi connectivity index (χ4n) is 1.76. The molecule has 0 atom stereocenters. The average Bonchev–Trinajstić information content (AvgIpc) is 2.16. The predicted octanol–water partition coefficient (Wildman–Crippen LogP) is 1.74. The molecule has 3 heteroatoms. The van der Waals surface area contributed by atoms with E-state index in [0.29, 0.717) is 13.2 Å². The topological polar surface area (TPSA) is 44.5 Å². The van der Waals surface area contributed by atoms with Crippen LogP contribution < -0.4 is 15.2 Å². The van der Waals surface area contributed by atoms with E-state index >= 15 is 0 Å². The lowest BCUT2D eigenvalue weighted by atomic mass is 9.95. The molecule has 15 heavy (non-hydrogen) atoms. The van der Waals surface area contributed by atoms with Crippen molar-refractivity contribution in [3.8, 4) is 11.5 Å². The number of hydrogen-bond donors (Lipinski definition) is 1. The third-order valence-electron chi connectivity index (χ3n) is 2.29. The van der Waals surface area contributed by atoms with Crippen LogP contribution in [0.3, 0.4) is 0 Å². The molecule has 2 rings (SSSR count). The maximum absolute atomic E-state index is 6.00. The molecule has 0 unspecified atom stereocenters. The fourth-order valence-corrected chi connectivity index (χ4v) is 1.76. The van der Waals surface area contributed by atoms with E-state index in [2.05, 4.69) is 0 Å². The molecule has 3 nitrogen and oxygen atoms in total. The van der Waals surface area contributed by atoms with Crippen molar-refractivity contribution in [2.75, 3.05) is 13.2 Å². The molecule has 1 aliphatic heterocycles. The van der Waals surface area contributed by atoms with Crippen molar-refractivity contribution >= 4 is 0 Å². The summed E-state index contributed by atoms with van der Waals surface area (Å²) in [7, 11) is 0. The van der Waals surface area contributed by atoms with Crippen LogP contribution in [0.15, 0.2) is 18.2 Å². The Hall–Kier alpha value is -1.22. The van der Waals surface area contributed by atoms with Crippen molar-refractivity contribution in [2.24, 2.45) is 5.73 Å². The first kappa shape index (κ1) is 10.3. The van der Waals surface area contributed by atoms with Crippen molar-refractivity contribution in [3.05, 3.63) is 23.8 Å². The molecule has 0 spiro atoms. The van der Waals surface area contributed by atoms with Gasteiger partial charge in [0.1, 0.15) is 13.2 Å². The average molecular weight is 207 g/mol. The lowest BCUT2D eigenvalue weighted by Crippen LogP contribution is -2.34. The van der Waals surface area contributed by atoms with E-state index in [1.54, 1.807) is 0 Å². The summed E-state index contributed by atoms with van der Waals surface area (Å²) in [4.78, 5) is 0. The summed E-state index contributed by atoms with van der Waals surface area (Å²) in [5.41, 5.74) is 6.90. The minimum Gasteiger partial charge on any atom is -0.486 e. The van der Waals surface area contributed by atoms with Gasteiger partial charge in [0.15, 0.2) is 11.5 Å². The zero-order chi connectivity index (χ0) is 10.9. The molecule has 1 aromatic carbocycles. The molecule has 0 fully saturated rings. The highest BCUT2D eigenvalue weighted by molar-refractivity contribution is 5.48. The molecule has 1 heterocycles. The van der Waals surface area contributed by atoms with Crippen LogP contribution in [0.4, 0.5) is 0 Å². The number of benzene rings is 1. The zero-order valence-electron chi connectivity index (χ0n) is 9.25. The Morgan fingerprint density at radius 1 is 1.27 bits per heavy atom. The minimum atomic E-state index is -0.226. The standard InChI is InChI=1S/C12H17NO2/c1-12(2,13)8-9-4-3-5-10-11(9)15-7-6-14-10/h3-5H,6-8,13H2,1-2H3. The van der Waals surface area contributed by atoms with Crippen molar-refractivity contribution in [2.45, 2.75) is 25.8 Å². The quantitative estimate of drug-likeness (QED) is 0.803. The monoisotopic (exact) mass is 207 g/mol. The second-order valence-electron chi connectivity index (χ2n) is 4.61. The third kappa shape index (κ3) is 2.42. The molecule has 82 valence electrons. The summed E-state index contributed by atoms with van der Waals surface area (Å²) in [6.07, 6.45) is 0.791. The fraction of sp³-hybridized carbons (Fsp3) is 0.500. The van der Waals surface area contributed by atoms with Gasteiger partial charge in [-0.05, 0) is 31.9 Å². The molecule has 0 saturated carbocycles.